The zero-order valence-electron chi connectivity index (χ0n) is 18.6. The zero-order chi connectivity index (χ0) is 23.6. The Morgan fingerprint density at radius 1 is 1.16 bits per heavy atom. The molecule has 0 saturated carbocycles. The quantitative estimate of drug-likeness (QED) is 0.527. The number of hydrogen-bond donors (Lipinski definition) is 2. The Bertz CT molecular complexity index is 1110. The first-order chi connectivity index (χ1) is 15.1. The van der Waals surface area contributed by atoms with Crippen molar-refractivity contribution in [2.24, 2.45) is 0 Å². The number of likely N-dealkylation sites (N-methyl/N-ethyl adjacent to an activating group) is 1. The van der Waals surface area contributed by atoms with E-state index in [-0.39, 0.29) is 11.5 Å². The third-order valence-electron chi connectivity index (χ3n) is 5.15. The number of ketones is 1. The number of esters is 1. The third kappa shape index (κ3) is 4.57. The van der Waals surface area contributed by atoms with Gasteiger partial charge in [-0.3, -0.25) is 14.4 Å². The molecule has 1 aromatic carbocycles. The second kappa shape index (κ2) is 9.35. The Kier molecular flexibility index (Phi) is 6.78. The van der Waals surface area contributed by atoms with Crippen molar-refractivity contribution in [3.63, 3.8) is 0 Å². The Labute approximate surface area is 190 Å². The van der Waals surface area contributed by atoms with E-state index >= 15 is 0 Å². The lowest BCUT2D eigenvalue weighted by molar-refractivity contribution is -0.136. The van der Waals surface area contributed by atoms with Crippen molar-refractivity contribution in [3.05, 3.63) is 46.5 Å². The first-order valence-corrected chi connectivity index (χ1v) is 11.0. The summed E-state index contributed by atoms with van der Waals surface area (Å²) in [6.45, 7) is 7.16. The van der Waals surface area contributed by atoms with Gasteiger partial charge in [0, 0.05) is 36.2 Å². The first-order valence-electron chi connectivity index (χ1n) is 10.1. The van der Waals surface area contributed by atoms with Crippen LogP contribution in [0.2, 0.25) is 0 Å². The number of carbonyl (C=O) groups is 4. The van der Waals surface area contributed by atoms with Gasteiger partial charge in [-0.05, 0) is 37.5 Å². The van der Waals surface area contributed by atoms with E-state index in [1.54, 1.807) is 19.2 Å². The molecule has 0 spiro atoms. The van der Waals surface area contributed by atoms with Gasteiger partial charge in [0.15, 0.2) is 11.8 Å². The van der Waals surface area contributed by atoms with E-state index in [1.807, 2.05) is 32.0 Å². The summed E-state index contributed by atoms with van der Waals surface area (Å²) in [5, 5.41) is 7.19. The number of urea groups is 1. The van der Waals surface area contributed by atoms with Gasteiger partial charge in [0.05, 0.1) is 0 Å². The predicted octanol–water partition coefficient (Wildman–Crippen LogP) is 3.78. The molecule has 0 aliphatic carbocycles. The number of rotatable bonds is 5. The molecule has 32 heavy (non-hydrogen) atoms. The van der Waals surface area contributed by atoms with Gasteiger partial charge in [-0.1, -0.05) is 25.1 Å². The van der Waals surface area contributed by atoms with Crippen molar-refractivity contribution >= 4 is 40.7 Å². The monoisotopic (exact) mass is 455 g/mol. The zero-order valence-corrected chi connectivity index (χ0v) is 19.4. The van der Waals surface area contributed by atoms with Crippen LogP contribution < -0.4 is 15.4 Å². The molecule has 8 nitrogen and oxygen atoms in total. The molecule has 3 rings (SSSR count). The number of hydrogen-bond acceptors (Lipinski definition) is 6. The summed E-state index contributed by atoms with van der Waals surface area (Å²) in [5.41, 5.74) is 4.24. The van der Waals surface area contributed by atoms with Gasteiger partial charge in [-0.2, -0.15) is 0 Å². The molecular weight excluding hydrogens is 430 g/mol. The number of amides is 3. The van der Waals surface area contributed by atoms with E-state index in [0.29, 0.717) is 16.8 Å². The van der Waals surface area contributed by atoms with Crippen molar-refractivity contribution in [1.82, 2.24) is 10.2 Å². The number of nitrogens with one attached hydrogen (secondary N) is 2. The van der Waals surface area contributed by atoms with Crippen molar-refractivity contribution in [3.8, 4) is 16.2 Å². The summed E-state index contributed by atoms with van der Waals surface area (Å²) in [5.74, 6) is -1.45. The van der Waals surface area contributed by atoms with Crippen LogP contribution in [0, 0.1) is 13.8 Å². The van der Waals surface area contributed by atoms with Gasteiger partial charge in [-0.15, -0.1) is 11.3 Å². The highest BCUT2D eigenvalue weighted by molar-refractivity contribution is 7.13. The van der Waals surface area contributed by atoms with Crippen LogP contribution in [-0.4, -0.2) is 41.7 Å². The predicted molar refractivity (Wildman–Crippen MR) is 123 cm³/mol. The van der Waals surface area contributed by atoms with Gasteiger partial charge in [0.1, 0.15) is 5.69 Å². The summed E-state index contributed by atoms with van der Waals surface area (Å²) < 4.78 is 5.43. The third-order valence-corrected chi connectivity index (χ3v) is 6.00. The van der Waals surface area contributed by atoms with Crippen LogP contribution in [0.5, 0.6) is 5.06 Å². The molecular formula is C23H25N3O5S. The van der Waals surface area contributed by atoms with Crippen LogP contribution in [0.15, 0.2) is 35.4 Å². The van der Waals surface area contributed by atoms with Crippen LogP contribution >= 0.6 is 11.3 Å². The Morgan fingerprint density at radius 2 is 1.81 bits per heavy atom. The molecule has 2 aromatic rings. The number of carbonyl (C=O) groups excluding carboxylic acids is 4. The normalized spacial score (nSPS) is 16.0. The van der Waals surface area contributed by atoms with E-state index < -0.39 is 29.7 Å². The van der Waals surface area contributed by atoms with E-state index in [9.17, 15) is 19.2 Å². The fraction of sp³-hybridized carbons (Fsp3) is 0.304. The number of anilines is 1. The molecule has 2 N–H and O–H groups in total. The number of nitrogens with zero attached hydrogens (tertiary/aromatic N) is 1. The molecule has 0 bridgehead atoms. The lowest BCUT2D eigenvalue weighted by Gasteiger charge is -2.26. The first kappa shape index (κ1) is 23.2. The van der Waals surface area contributed by atoms with Crippen LogP contribution in [0.4, 0.5) is 10.5 Å². The molecule has 0 saturated heterocycles. The smallest absolute Gasteiger partial charge is 0.320 e. The van der Waals surface area contributed by atoms with E-state index in [0.717, 1.165) is 16.7 Å². The Balaban J connectivity index is 1.95. The number of thiophene rings is 1. The molecule has 1 aliphatic heterocycles. The average molecular weight is 456 g/mol. The number of aryl methyl sites for hydroxylation is 2. The minimum atomic E-state index is -1.33. The fourth-order valence-electron chi connectivity index (χ4n) is 3.50. The van der Waals surface area contributed by atoms with E-state index in [4.69, 9.17) is 4.74 Å². The molecule has 1 aromatic heterocycles. The molecule has 168 valence electrons. The van der Waals surface area contributed by atoms with Crippen LogP contribution in [0.1, 0.15) is 31.4 Å². The fourth-order valence-corrected chi connectivity index (χ4v) is 4.38. The van der Waals surface area contributed by atoms with Crippen LogP contribution in [0.3, 0.4) is 0 Å². The van der Waals surface area contributed by atoms with Gasteiger partial charge in [0.2, 0.25) is 5.06 Å². The summed E-state index contributed by atoms with van der Waals surface area (Å²) in [7, 11) is 1.52. The lowest BCUT2D eigenvalue weighted by Crippen LogP contribution is -2.54. The van der Waals surface area contributed by atoms with Gasteiger partial charge in [-0.25, -0.2) is 4.79 Å². The highest BCUT2D eigenvalue weighted by atomic mass is 32.1. The van der Waals surface area contributed by atoms with Gasteiger partial charge >= 0.3 is 12.0 Å². The second-order valence-corrected chi connectivity index (χ2v) is 8.41. The minimum Gasteiger partial charge on any atom is -0.413 e. The highest BCUT2D eigenvalue weighted by Crippen LogP contribution is 2.44. The Hall–Kier alpha value is -3.46. The van der Waals surface area contributed by atoms with Gasteiger partial charge < -0.3 is 20.3 Å². The van der Waals surface area contributed by atoms with E-state index in [2.05, 4.69) is 10.6 Å². The molecule has 0 radical (unpaired) electrons. The van der Waals surface area contributed by atoms with Gasteiger partial charge in [0.25, 0.3) is 5.91 Å². The van der Waals surface area contributed by atoms with Crippen molar-refractivity contribution in [2.45, 2.75) is 40.2 Å². The Morgan fingerprint density at radius 3 is 2.44 bits per heavy atom. The molecule has 0 unspecified atom stereocenters. The number of Topliss-reactive ketones (excluding diaryl/α,β-unsaturated/α-hetero) is 1. The minimum absolute atomic E-state index is 0.172. The molecule has 1 aliphatic rings. The summed E-state index contributed by atoms with van der Waals surface area (Å²) >= 11 is 1.19. The molecule has 2 heterocycles. The molecule has 9 heteroatoms. The largest absolute Gasteiger partial charge is 0.413 e. The van der Waals surface area contributed by atoms with Crippen molar-refractivity contribution in [2.75, 3.05) is 12.4 Å². The maximum Gasteiger partial charge on any atom is 0.320 e. The molecule has 0 fully saturated rings. The molecule has 1 atom stereocenters. The maximum absolute atomic E-state index is 12.8. The van der Waals surface area contributed by atoms with Crippen molar-refractivity contribution < 1.29 is 23.9 Å². The number of benzene rings is 1. The average Bonchev–Trinajstić information content (AvgIpc) is 3.11. The maximum atomic E-state index is 12.8. The molecule has 3 amide bonds. The lowest BCUT2D eigenvalue weighted by atomic mass is 9.97. The van der Waals surface area contributed by atoms with Crippen LogP contribution in [0.25, 0.3) is 11.1 Å². The SMILES string of the molecule is CCC(=O)Oc1scc(-c2c(C)cccc2C)c1NC(=O)N[C@H]1C(=O)C(C)=CN(C)C1=O. The second-order valence-electron chi connectivity index (χ2n) is 7.56. The summed E-state index contributed by atoms with van der Waals surface area (Å²) in [6.07, 6.45) is 1.60. The van der Waals surface area contributed by atoms with Crippen LogP contribution in [-0.2, 0) is 14.4 Å². The van der Waals surface area contributed by atoms with Crippen molar-refractivity contribution in [1.29, 1.82) is 0 Å². The summed E-state index contributed by atoms with van der Waals surface area (Å²) in [4.78, 5) is 50.9. The van der Waals surface area contributed by atoms with E-state index in [1.165, 1.54) is 29.5 Å². The topological polar surface area (TPSA) is 105 Å². The number of ether oxygens (including phenoxy) is 1. The highest BCUT2D eigenvalue weighted by Gasteiger charge is 2.35. The summed E-state index contributed by atoms with van der Waals surface area (Å²) in [6, 6.07) is 3.76. The standard InChI is InChI=1S/C23H25N3O5S/c1-6-16(27)31-22-18(15(11-32-22)17-12(2)8-7-9-13(17)3)24-23(30)25-19-20(28)14(4)10-26(5)21(19)29/h7-11,19H,6H2,1-5H3,(H2,24,25,30)/t19-/m0/s1.